The highest BCUT2D eigenvalue weighted by Gasteiger charge is 2.26. The Morgan fingerprint density at radius 1 is 0.868 bits per heavy atom. The summed E-state index contributed by atoms with van der Waals surface area (Å²) >= 11 is 0. The van der Waals surface area contributed by atoms with E-state index in [0.29, 0.717) is 19.5 Å². The summed E-state index contributed by atoms with van der Waals surface area (Å²) in [6, 6.07) is 24.0. The van der Waals surface area contributed by atoms with Crippen LogP contribution in [0, 0.1) is 17.6 Å². The van der Waals surface area contributed by atoms with Crippen LogP contribution in [-0.4, -0.2) is 24.0 Å². The zero-order valence-corrected chi connectivity index (χ0v) is 20.5. The van der Waals surface area contributed by atoms with Gasteiger partial charge in [0.15, 0.2) is 0 Å². The molecule has 1 N–H and O–H groups in total. The van der Waals surface area contributed by atoms with Gasteiger partial charge in [-0.2, -0.15) is 4.98 Å². The lowest BCUT2D eigenvalue weighted by Crippen LogP contribution is -2.22. The molecule has 4 aromatic rings. The molecule has 1 aliphatic heterocycles. The van der Waals surface area contributed by atoms with Crippen LogP contribution in [0.4, 0.5) is 8.78 Å². The van der Waals surface area contributed by atoms with Gasteiger partial charge < -0.3 is 19.5 Å². The third-order valence-corrected chi connectivity index (χ3v) is 6.18. The molecule has 0 amide bonds. The summed E-state index contributed by atoms with van der Waals surface area (Å²) in [6.45, 7) is 1.58. The molecule has 1 atom stereocenters. The summed E-state index contributed by atoms with van der Waals surface area (Å²) in [5, 5.41) is 3.07. The number of carbonyl (C=O) groups excluding carboxylic acids is 1. The van der Waals surface area contributed by atoms with E-state index in [2.05, 4.69) is 10.3 Å². The van der Waals surface area contributed by atoms with Crippen molar-refractivity contribution in [2.24, 2.45) is 5.92 Å². The number of nitrogens with zero attached hydrogens (tertiary/aromatic N) is 1. The number of ether oxygens (including phenoxy) is 3. The summed E-state index contributed by atoms with van der Waals surface area (Å²) in [5.41, 5.74) is 1.58. The second-order valence-electron chi connectivity index (χ2n) is 8.92. The van der Waals surface area contributed by atoms with Gasteiger partial charge in [0, 0.05) is 24.7 Å². The number of hydrogen-bond donors (Lipinski definition) is 1. The van der Waals surface area contributed by atoms with Gasteiger partial charge in [-0.25, -0.2) is 8.78 Å². The first-order valence-electron chi connectivity index (χ1n) is 12.3. The fraction of sp³-hybridized carbons (Fsp3) is 0.200. The predicted molar refractivity (Wildman–Crippen MR) is 138 cm³/mol. The standard InChI is InChI=1S/C30H26F2N2O4/c31-25-15-23(38-30(35)22-13-14-33-17-22)16-26(32)28(25)24-11-12-27(36-18-20-7-3-1-4-8-20)34-29(24)37-19-21-9-5-2-6-10-21/h1-12,15-16,22,33H,13-14,17-19H2/t22-/m1/s1. The highest BCUT2D eigenvalue weighted by atomic mass is 19.1. The minimum Gasteiger partial charge on any atom is -0.473 e. The molecule has 0 spiro atoms. The maximum atomic E-state index is 15.3. The Hall–Kier alpha value is -4.30. The minimum atomic E-state index is -0.901. The Labute approximate surface area is 219 Å². The topological polar surface area (TPSA) is 69.7 Å². The second kappa shape index (κ2) is 11.8. The van der Waals surface area contributed by atoms with E-state index in [1.807, 2.05) is 60.7 Å². The Balaban J connectivity index is 1.42. The molecule has 2 heterocycles. The van der Waals surface area contributed by atoms with Crippen molar-refractivity contribution in [2.75, 3.05) is 13.1 Å². The molecule has 1 fully saturated rings. The molecule has 1 aliphatic rings. The molecule has 5 rings (SSSR count). The number of esters is 1. The Morgan fingerprint density at radius 3 is 2.11 bits per heavy atom. The van der Waals surface area contributed by atoms with E-state index in [1.54, 1.807) is 0 Å². The number of benzene rings is 3. The van der Waals surface area contributed by atoms with Gasteiger partial charge in [-0.1, -0.05) is 60.7 Å². The molecule has 0 bridgehead atoms. The molecule has 194 valence electrons. The fourth-order valence-corrected chi connectivity index (χ4v) is 4.18. The van der Waals surface area contributed by atoms with Crippen molar-refractivity contribution in [1.29, 1.82) is 0 Å². The average molecular weight is 517 g/mol. The zero-order valence-electron chi connectivity index (χ0n) is 20.5. The normalized spacial score (nSPS) is 14.7. The van der Waals surface area contributed by atoms with Crippen molar-refractivity contribution in [2.45, 2.75) is 19.6 Å². The quantitative estimate of drug-likeness (QED) is 0.227. The molecule has 3 aromatic carbocycles. The van der Waals surface area contributed by atoms with E-state index in [1.165, 1.54) is 12.1 Å². The molecule has 1 saturated heterocycles. The van der Waals surface area contributed by atoms with Gasteiger partial charge in [0.1, 0.15) is 30.6 Å². The van der Waals surface area contributed by atoms with Gasteiger partial charge in [0.25, 0.3) is 0 Å². The van der Waals surface area contributed by atoms with Gasteiger partial charge >= 0.3 is 5.97 Å². The summed E-state index contributed by atoms with van der Waals surface area (Å²) in [7, 11) is 0. The van der Waals surface area contributed by atoms with Gasteiger partial charge in [0.2, 0.25) is 11.8 Å². The maximum absolute atomic E-state index is 15.3. The lowest BCUT2D eigenvalue weighted by Gasteiger charge is -2.15. The second-order valence-corrected chi connectivity index (χ2v) is 8.92. The van der Waals surface area contributed by atoms with E-state index >= 15 is 8.78 Å². The van der Waals surface area contributed by atoms with Crippen molar-refractivity contribution in [3.63, 3.8) is 0 Å². The van der Waals surface area contributed by atoms with Crippen LogP contribution >= 0.6 is 0 Å². The van der Waals surface area contributed by atoms with Crippen LogP contribution < -0.4 is 19.5 Å². The van der Waals surface area contributed by atoms with Gasteiger partial charge in [-0.15, -0.1) is 0 Å². The number of aromatic nitrogens is 1. The van der Waals surface area contributed by atoms with Crippen LogP contribution in [0.3, 0.4) is 0 Å². The molecule has 0 radical (unpaired) electrons. The van der Waals surface area contributed by atoms with E-state index in [4.69, 9.17) is 14.2 Å². The Bertz CT molecular complexity index is 1370. The first kappa shape index (κ1) is 25.4. The number of rotatable bonds is 9. The number of hydrogen-bond acceptors (Lipinski definition) is 6. The third kappa shape index (κ3) is 6.15. The van der Waals surface area contributed by atoms with Crippen molar-refractivity contribution < 1.29 is 27.8 Å². The Kier molecular flexibility index (Phi) is 7.89. The van der Waals surface area contributed by atoms with Crippen molar-refractivity contribution in [1.82, 2.24) is 10.3 Å². The third-order valence-electron chi connectivity index (χ3n) is 6.18. The number of pyridine rings is 1. The predicted octanol–water partition coefficient (Wildman–Crippen LogP) is 5.70. The monoisotopic (exact) mass is 516 g/mol. The smallest absolute Gasteiger partial charge is 0.315 e. The van der Waals surface area contributed by atoms with Gasteiger partial charge in [-0.05, 0) is 30.2 Å². The molecule has 8 heteroatoms. The first-order valence-corrected chi connectivity index (χ1v) is 12.3. The molecule has 0 saturated carbocycles. The minimum absolute atomic E-state index is 0.0130. The molecular formula is C30H26F2N2O4. The van der Waals surface area contributed by atoms with E-state index in [9.17, 15) is 4.79 Å². The van der Waals surface area contributed by atoms with Gasteiger partial charge in [-0.3, -0.25) is 4.79 Å². The molecule has 6 nitrogen and oxygen atoms in total. The van der Waals surface area contributed by atoms with Crippen molar-refractivity contribution in [3.05, 3.63) is 108 Å². The fourth-order valence-electron chi connectivity index (χ4n) is 4.18. The summed E-state index contributed by atoms with van der Waals surface area (Å²) in [5.74, 6) is -2.59. The SMILES string of the molecule is O=C(Oc1cc(F)c(-c2ccc(OCc3ccccc3)nc2OCc2ccccc2)c(F)c1)[C@@H]1CCNC1. The van der Waals surface area contributed by atoms with Crippen LogP contribution in [0.25, 0.3) is 11.1 Å². The molecule has 0 unspecified atom stereocenters. The number of halogens is 2. The van der Waals surface area contributed by atoms with Crippen LogP contribution in [0.2, 0.25) is 0 Å². The summed E-state index contributed by atoms with van der Waals surface area (Å²) in [4.78, 5) is 16.7. The average Bonchev–Trinajstić information content (AvgIpc) is 3.48. The van der Waals surface area contributed by atoms with Crippen LogP contribution in [0.1, 0.15) is 17.5 Å². The lowest BCUT2D eigenvalue weighted by molar-refractivity contribution is -0.138. The van der Waals surface area contributed by atoms with Gasteiger partial charge in [0.05, 0.1) is 17.0 Å². The van der Waals surface area contributed by atoms with E-state index in [0.717, 1.165) is 23.3 Å². The molecule has 38 heavy (non-hydrogen) atoms. The van der Waals surface area contributed by atoms with E-state index < -0.39 is 17.6 Å². The number of nitrogens with one attached hydrogen (secondary N) is 1. The van der Waals surface area contributed by atoms with Crippen LogP contribution in [0.5, 0.6) is 17.5 Å². The largest absolute Gasteiger partial charge is 0.473 e. The van der Waals surface area contributed by atoms with Crippen LogP contribution in [0.15, 0.2) is 84.9 Å². The molecular weight excluding hydrogens is 490 g/mol. The Morgan fingerprint density at radius 2 is 1.50 bits per heavy atom. The van der Waals surface area contributed by atoms with Crippen molar-refractivity contribution >= 4 is 5.97 Å². The maximum Gasteiger partial charge on any atom is 0.315 e. The first-order chi connectivity index (χ1) is 18.6. The zero-order chi connectivity index (χ0) is 26.3. The molecule has 1 aromatic heterocycles. The highest BCUT2D eigenvalue weighted by Crippen LogP contribution is 2.37. The number of carbonyl (C=O) groups is 1. The molecule has 0 aliphatic carbocycles. The summed E-state index contributed by atoms with van der Waals surface area (Å²) in [6.07, 6.45) is 0.619. The van der Waals surface area contributed by atoms with E-state index in [-0.39, 0.29) is 47.8 Å². The van der Waals surface area contributed by atoms with Crippen molar-refractivity contribution in [3.8, 4) is 28.6 Å². The lowest BCUT2D eigenvalue weighted by atomic mass is 10.0. The van der Waals surface area contributed by atoms with Crippen LogP contribution in [-0.2, 0) is 18.0 Å². The summed E-state index contributed by atoms with van der Waals surface area (Å²) < 4.78 is 47.5. The highest BCUT2D eigenvalue weighted by molar-refractivity contribution is 5.77.